The monoisotopic (exact) mass is 558 g/mol. The molecular formula is C28H26ClF3N4OS. The number of nitrogens with zero attached hydrogens (tertiary/aromatic N) is 3. The maximum atomic E-state index is 13.1. The number of anilines is 1. The Morgan fingerprint density at radius 2 is 1.58 bits per heavy atom. The summed E-state index contributed by atoms with van der Waals surface area (Å²) in [6.07, 6.45) is -4.55. The first-order chi connectivity index (χ1) is 17.8. The molecule has 0 bridgehead atoms. The minimum atomic E-state index is -4.55. The molecule has 198 valence electrons. The molecule has 1 N–H and O–H groups in total. The van der Waals surface area contributed by atoms with Gasteiger partial charge in [-0.3, -0.25) is 9.36 Å². The average molecular weight is 559 g/mol. The number of benzene rings is 3. The van der Waals surface area contributed by atoms with Crippen molar-refractivity contribution in [2.75, 3.05) is 11.1 Å². The Bertz CT molecular complexity index is 1440. The van der Waals surface area contributed by atoms with Crippen LogP contribution in [-0.4, -0.2) is 26.4 Å². The molecule has 0 saturated carbocycles. The second-order valence-electron chi connectivity index (χ2n) is 9.83. The molecule has 3 aromatic carbocycles. The number of carbonyl (C=O) groups excluding carboxylic acids is 1. The molecule has 0 aliphatic rings. The Hall–Kier alpha value is -3.30. The highest BCUT2D eigenvalue weighted by Crippen LogP contribution is 2.34. The van der Waals surface area contributed by atoms with Crippen molar-refractivity contribution in [1.29, 1.82) is 0 Å². The van der Waals surface area contributed by atoms with Gasteiger partial charge < -0.3 is 5.32 Å². The first-order valence-electron chi connectivity index (χ1n) is 11.8. The van der Waals surface area contributed by atoms with E-state index < -0.39 is 17.6 Å². The fourth-order valence-corrected chi connectivity index (χ4v) is 4.63. The molecule has 4 rings (SSSR count). The fourth-order valence-electron chi connectivity index (χ4n) is 3.71. The summed E-state index contributed by atoms with van der Waals surface area (Å²) in [7, 11) is 0. The highest BCUT2D eigenvalue weighted by molar-refractivity contribution is 7.99. The largest absolute Gasteiger partial charge is 0.416 e. The van der Waals surface area contributed by atoms with Crippen molar-refractivity contribution in [3.63, 3.8) is 0 Å². The maximum absolute atomic E-state index is 13.1. The molecule has 0 unspecified atom stereocenters. The molecule has 1 heterocycles. The van der Waals surface area contributed by atoms with Gasteiger partial charge in [0.05, 0.1) is 22.0 Å². The first-order valence-corrected chi connectivity index (χ1v) is 13.1. The van der Waals surface area contributed by atoms with Gasteiger partial charge in [-0.1, -0.05) is 86.1 Å². The molecule has 4 aromatic rings. The predicted octanol–water partition coefficient (Wildman–Crippen LogP) is 7.94. The molecule has 10 heteroatoms. The standard InChI is InChI=1S/C28H26ClF3N4OS/c1-17-5-12-21(13-6-17)36-25(18-7-9-19(10-8-18)27(2,3)4)34-35-26(36)38-16-24(37)33-23-15-20(28(30,31)32)11-14-22(23)29/h5-15H,16H2,1-4H3,(H,33,37). The van der Waals surface area contributed by atoms with Crippen molar-refractivity contribution < 1.29 is 18.0 Å². The molecular weight excluding hydrogens is 533 g/mol. The van der Waals surface area contributed by atoms with E-state index in [2.05, 4.69) is 48.4 Å². The van der Waals surface area contributed by atoms with E-state index in [0.29, 0.717) is 11.0 Å². The van der Waals surface area contributed by atoms with Gasteiger partial charge >= 0.3 is 6.18 Å². The van der Waals surface area contributed by atoms with Crippen molar-refractivity contribution in [2.24, 2.45) is 0 Å². The minimum absolute atomic E-state index is 0.0000463. The number of aryl methyl sites for hydroxylation is 1. The third kappa shape index (κ3) is 6.39. The van der Waals surface area contributed by atoms with Crippen LogP contribution in [-0.2, 0) is 16.4 Å². The van der Waals surface area contributed by atoms with Crippen molar-refractivity contribution in [1.82, 2.24) is 14.8 Å². The van der Waals surface area contributed by atoms with Gasteiger partial charge in [-0.05, 0) is 48.2 Å². The Morgan fingerprint density at radius 3 is 2.18 bits per heavy atom. The van der Waals surface area contributed by atoms with Gasteiger partial charge in [-0.15, -0.1) is 10.2 Å². The third-order valence-corrected chi connectivity index (χ3v) is 7.09. The summed E-state index contributed by atoms with van der Waals surface area (Å²) < 4.78 is 41.1. The van der Waals surface area contributed by atoms with E-state index in [1.807, 2.05) is 47.9 Å². The van der Waals surface area contributed by atoms with Crippen LogP contribution >= 0.6 is 23.4 Å². The molecule has 0 aliphatic heterocycles. The van der Waals surface area contributed by atoms with Gasteiger partial charge in [0.1, 0.15) is 0 Å². The first kappa shape index (κ1) is 27.7. The van der Waals surface area contributed by atoms with E-state index in [1.165, 1.54) is 5.56 Å². The number of hydrogen-bond donors (Lipinski definition) is 1. The second-order valence-corrected chi connectivity index (χ2v) is 11.2. The second kappa shape index (κ2) is 10.8. The van der Waals surface area contributed by atoms with Crippen LogP contribution in [0.5, 0.6) is 0 Å². The predicted molar refractivity (Wildman–Crippen MR) is 146 cm³/mol. The number of thioether (sulfide) groups is 1. The summed E-state index contributed by atoms with van der Waals surface area (Å²) in [6, 6.07) is 18.7. The van der Waals surface area contributed by atoms with Crippen molar-refractivity contribution in [3.8, 4) is 17.1 Å². The maximum Gasteiger partial charge on any atom is 0.416 e. The Morgan fingerprint density at radius 1 is 0.947 bits per heavy atom. The van der Waals surface area contributed by atoms with E-state index in [4.69, 9.17) is 11.6 Å². The number of aromatic nitrogens is 3. The van der Waals surface area contributed by atoms with Gasteiger partial charge in [0.25, 0.3) is 0 Å². The van der Waals surface area contributed by atoms with Crippen LogP contribution in [0.25, 0.3) is 17.1 Å². The lowest BCUT2D eigenvalue weighted by atomic mass is 9.87. The number of amides is 1. The molecule has 1 amide bonds. The number of alkyl halides is 3. The van der Waals surface area contributed by atoms with Crippen LogP contribution < -0.4 is 5.32 Å². The van der Waals surface area contributed by atoms with E-state index in [1.54, 1.807) is 0 Å². The third-order valence-electron chi connectivity index (χ3n) is 5.83. The molecule has 1 aromatic heterocycles. The topological polar surface area (TPSA) is 59.8 Å². The molecule has 0 spiro atoms. The lowest BCUT2D eigenvalue weighted by Gasteiger charge is -2.19. The lowest BCUT2D eigenvalue weighted by Crippen LogP contribution is -2.16. The number of rotatable bonds is 6. The summed E-state index contributed by atoms with van der Waals surface area (Å²) in [6.45, 7) is 8.41. The zero-order chi connectivity index (χ0) is 27.7. The normalized spacial score (nSPS) is 12.0. The average Bonchev–Trinajstić information content (AvgIpc) is 3.27. The van der Waals surface area contributed by atoms with E-state index >= 15 is 0 Å². The van der Waals surface area contributed by atoms with Gasteiger partial charge in [0, 0.05) is 11.3 Å². The van der Waals surface area contributed by atoms with Gasteiger partial charge in [0.2, 0.25) is 5.91 Å². The number of hydrogen-bond acceptors (Lipinski definition) is 4. The Labute approximate surface area is 228 Å². The molecule has 5 nitrogen and oxygen atoms in total. The van der Waals surface area contributed by atoms with E-state index in [0.717, 1.165) is 46.8 Å². The summed E-state index contributed by atoms with van der Waals surface area (Å²) in [5.41, 5.74) is 2.95. The Balaban J connectivity index is 1.60. The summed E-state index contributed by atoms with van der Waals surface area (Å²) in [5.74, 6) is -0.0246. The lowest BCUT2D eigenvalue weighted by molar-refractivity contribution is -0.137. The number of nitrogens with one attached hydrogen (secondary N) is 1. The molecule has 0 fully saturated rings. The van der Waals surface area contributed by atoms with E-state index in [9.17, 15) is 18.0 Å². The smallest absolute Gasteiger partial charge is 0.324 e. The molecule has 0 saturated heterocycles. The molecule has 38 heavy (non-hydrogen) atoms. The fraction of sp³-hybridized carbons (Fsp3) is 0.250. The van der Waals surface area contributed by atoms with Crippen LogP contribution in [0.1, 0.15) is 37.5 Å². The quantitative estimate of drug-likeness (QED) is 0.244. The SMILES string of the molecule is Cc1ccc(-n2c(SCC(=O)Nc3cc(C(F)(F)F)ccc3Cl)nnc2-c2ccc(C(C)(C)C)cc2)cc1. The molecule has 0 aliphatic carbocycles. The van der Waals surface area contributed by atoms with E-state index in [-0.39, 0.29) is 21.9 Å². The van der Waals surface area contributed by atoms with Crippen molar-refractivity contribution >= 4 is 35.0 Å². The van der Waals surface area contributed by atoms with Crippen LogP contribution in [0.4, 0.5) is 18.9 Å². The van der Waals surface area contributed by atoms with Crippen LogP contribution in [0.15, 0.2) is 71.9 Å². The van der Waals surface area contributed by atoms with Gasteiger partial charge in [0.15, 0.2) is 11.0 Å². The van der Waals surface area contributed by atoms with Crippen LogP contribution in [0, 0.1) is 6.92 Å². The van der Waals surface area contributed by atoms with Gasteiger partial charge in [-0.25, -0.2) is 0 Å². The summed E-state index contributed by atoms with van der Waals surface area (Å²) in [5, 5.41) is 11.7. The summed E-state index contributed by atoms with van der Waals surface area (Å²) in [4.78, 5) is 12.7. The van der Waals surface area contributed by atoms with Crippen molar-refractivity contribution in [2.45, 2.75) is 44.4 Å². The molecule has 0 atom stereocenters. The molecule has 0 radical (unpaired) electrons. The highest BCUT2D eigenvalue weighted by Gasteiger charge is 2.31. The van der Waals surface area contributed by atoms with Crippen LogP contribution in [0.3, 0.4) is 0 Å². The highest BCUT2D eigenvalue weighted by atomic mass is 35.5. The number of halogens is 4. The van der Waals surface area contributed by atoms with Crippen LogP contribution in [0.2, 0.25) is 5.02 Å². The summed E-state index contributed by atoms with van der Waals surface area (Å²) >= 11 is 7.14. The van der Waals surface area contributed by atoms with Gasteiger partial charge in [-0.2, -0.15) is 13.2 Å². The zero-order valence-corrected chi connectivity index (χ0v) is 22.8. The number of carbonyl (C=O) groups is 1. The minimum Gasteiger partial charge on any atom is -0.324 e. The Kier molecular flexibility index (Phi) is 7.90. The van der Waals surface area contributed by atoms with Crippen molar-refractivity contribution in [3.05, 3.63) is 88.4 Å². The zero-order valence-electron chi connectivity index (χ0n) is 21.2.